The van der Waals surface area contributed by atoms with Crippen molar-refractivity contribution in [2.75, 3.05) is 18.4 Å². The number of hydrogen-bond acceptors (Lipinski definition) is 5. The summed E-state index contributed by atoms with van der Waals surface area (Å²) in [4.78, 5) is 7.18. The van der Waals surface area contributed by atoms with Gasteiger partial charge in [0.25, 0.3) is 0 Å². The first kappa shape index (κ1) is 21.4. The van der Waals surface area contributed by atoms with Gasteiger partial charge in [-0.15, -0.1) is 10.2 Å². The molecule has 7 heteroatoms. The van der Waals surface area contributed by atoms with Crippen molar-refractivity contribution in [1.29, 1.82) is 0 Å². The van der Waals surface area contributed by atoms with E-state index in [1.165, 1.54) is 29.1 Å². The largest absolute Gasteiger partial charge is 0.366 e. The quantitative estimate of drug-likeness (QED) is 0.396. The molecule has 4 aromatic rings. The third-order valence-corrected chi connectivity index (χ3v) is 7.43. The Bertz CT molecular complexity index is 1310. The molecular formula is C27H25ClFN5. The molecule has 0 bridgehead atoms. The molecule has 1 aliphatic carbocycles. The third-order valence-electron chi connectivity index (χ3n) is 7.10. The van der Waals surface area contributed by atoms with Crippen molar-refractivity contribution < 1.29 is 4.39 Å². The van der Waals surface area contributed by atoms with Crippen LogP contribution >= 0.6 is 11.6 Å². The summed E-state index contributed by atoms with van der Waals surface area (Å²) in [6, 6.07) is 18.9. The van der Waals surface area contributed by atoms with E-state index in [1.807, 2.05) is 24.4 Å². The first-order valence-corrected chi connectivity index (χ1v) is 12.1. The Hall–Kier alpha value is -3.09. The normalized spacial score (nSPS) is 22.2. The summed E-state index contributed by atoms with van der Waals surface area (Å²) in [6.45, 7) is 3.20. The highest BCUT2D eigenvalue weighted by Crippen LogP contribution is 2.39. The lowest BCUT2D eigenvalue weighted by Gasteiger charge is -2.20. The van der Waals surface area contributed by atoms with E-state index in [9.17, 15) is 4.39 Å². The fourth-order valence-electron chi connectivity index (χ4n) is 5.56. The van der Waals surface area contributed by atoms with Crippen molar-refractivity contribution in [2.45, 2.75) is 25.4 Å². The number of hydrogen-bond donors (Lipinski definition) is 1. The van der Waals surface area contributed by atoms with Gasteiger partial charge in [-0.1, -0.05) is 29.8 Å². The van der Waals surface area contributed by atoms with Crippen LogP contribution in [0, 0.1) is 17.7 Å². The molecular weight excluding hydrogens is 449 g/mol. The number of halogens is 2. The summed E-state index contributed by atoms with van der Waals surface area (Å²) in [5.74, 6) is 1.81. The van der Waals surface area contributed by atoms with Crippen molar-refractivity contribution in [3.05, 3.63) is 83.3 Å². The molecule has 2 fully saturated rings. The molecule has 3 heterocycles. The molecule has 0 spiro atoms. The Morgan fingerprint density at radius 3 is 2.59 bits per heavy atom. The van der Waals surface area contributed by atoms with E-state index >= 15 is 0 Å². The number of fused-ring (bicyclic) bond motifs is 2. The van der Waals surface area contributed by atoms with Crippen LogP contribution in [0.15, 0.2) is 66.9 Å². The van der Waals surface area contributed by atoms with E-state index in [0.717, 1.165) is 43.8 Å². The Kier molecular flexibility index (Phi) is 5.63. The van der Waals surface area contributed by atoms with Crippen LogP contribution in [-0.2, 0) is 6.54 Å². The molecule has 0 amide bonds. The van der Waals surface area contributed by atoms with E-state index in [-0.39, 0.29) is 5.82 Å². The summed E-state index contributed by atoms with van der Waals surface area (Å²) >= 11 is 6.19. The van der Waals surface area contributed by atoms with Crippen molar-refractivity contribution in [3.8, 4) is 11.3 Å². The molecule has 2 aliphatic rings. The Morgan fingerprint density at radius 2 is 1.79 bits per heavy atom. The molecule has 5 nitrogen and oxygen atoms in total. The second-order valence-electron chi connectivity index (χ2n) is 9.49. The van der Waals surface area contributed by atoms with Gasteiger partial charge in [-0.2, -0.15) is 0 Å². The van der Waals surface area contributed by atoms with E-state index < -0.39 is 0 Å². The van der Waals surface area contributed by atoms with Crippen LogP contribution in [0.2, 0.25) is 5.02 Å². The van der Waals surface area contributed by atoms with Crippen molar-refractivity contribution >= 4 is 28.3 Å². The second-order valence-corrected chi connectivity index (χ2v) is 9.90. The van der Waals surface area contributed by atoms with E-state index in [1.54, 1.807) is 0 Å². The number of pyridine rings is 1. The Morgan fingerprint density at radius 1 is 0.971 bits per heavy atom. The lowest BCUT2D eigenvalue weighted by molar-refractivity contribution is 0.301. The van der Waals surface area contributed by atoms with Crippen molar-refractivity contribution in [2.24, 2.45) is 11.8 Å². The molecule has 1 saturated carbocycles. The van der Waals surface area contributed by atoms with Crippen LogP contribution in [0.4, 0.5) is 10.2 Å². The smallest absolute Gasteiger partial charge is 0.148 e. The number of aromatic nitrogens is 3. The van der Waals surface area contributed by atoms with E-state index in [4.69, 9.17) is 11.6 Å². The van der Waals surface area contributed by atoms with E-state index in [0.29, 0.717) is 34.2 Å². The highest BCUT2D eigenvalue weighted by atomic mass is 35.5. The lowest BCUT2D eigenvalue weighted by atomic mass is 10.0. The van der Waals surface area contributed by atoms with Gasteiger partial charge in [-0.3, -0.25) is 9.88 Å². The van der Waals surface area contributed by atoms with Crippen LogP contribution in [0.3, 0.4) is 0 Å². The highest BCUT2D eigenvalue weighted by Gasteiger charge is 2.40. The standard InChI is InChI=1S/C27H25ClFN5/c28-24-6-5-21(29)12-23(24)26-7-8-27(33-32-26)31-22-10-19-15-34(16-20(19)11-22)14-17-9-18-3-1-2-4-25(18)30-13-17/h1-9,12-13,19-20,22H,10-11,14-16H2,(H,31,33)/t19-,20+,22?. The fraction of sp³-hybridized carbons (Fsp3) is 0.296. The van der Waals surface area contributed by atoms with Crippen LogP contribution in [0.1, 0.15) is 18.4 Å². The van der Waals surface area contributed by atoms with Crippen LogP contribution in [-0.4, -0.2) is 39.2 Å². The van der Waals surface area contributed by atoms with Crippen molar-refractivity contribution in [3.63, 3.8) is 0 Å². The monoisotopic (exact) mass is 473 g/mol. The number of anilines is 1. The molecule has 1 saturated heterocycles. The molecule has 2 aromatic heterocycles. The molecule has 34 heavy (non-hydrogen) atoms. The molecule has 1 N–H and O–H groups in total. The lowest BCUT2D eigenvalue weighted by Crippen LogP contribution is -2.25. The first-order valence-electron chi connectivity index (χ1n) is 11.7. The zero-order valence-electron chi connectivity index (χ0n) is 18.7. The topological polar surface area (TPSA) is 53.9 Å². The number of nitrogens with zero attached hydrogens (tertiary/aromatic N) is 4. The zero-order valence-corrected chi connectivity index (χ0v) is 19.4. The van der Waals surface area contributed by atoms with Gasteiger partial charge < -0.3 is 5.32 Å². The van der Waals surface area contributed by atoms with Gasteiger partial charge in [0.2, 0.25) is 0 Å². The third kappa shape index (κ3) is 4.36. The zero-order chi connectivity index (χ0) is 23.1. The molecule has 3 atom stereocenters. The summed E-state index contributed by atoms with van der Waals surface area (Å²) < 4.78 is 13.6. The maximum absolute atomic E-state index is 13.6. The minimum Gasteiger partial charge on any atom is -0.366 e. The van der Waals surface area contributed by atoms with Gasteiger partial charge in [0.05, 0.1) is 16.2 Å². The van der Waals surface area contributed by atoms with E-state index in [2.05, 4.69) is 49.7 Å². The fourth-order valence-corrected chi connectivity index (χ4v) is 5.78. The van der Waals surface area contributed by atoms with Gasteiger partial charge in [0, 0.05) is 42.8 Å². The summed E-state index contributed by atoms with van der Waals surface area (Å²) in [7, 11) is 0. The minimum atomic E-state index is -0.341. The summed E-state index contributed by atoms with van der Waals surface area (Å²) in [5, 5.41) is 13.8. The van der Waals surface area contributed by atoms with Gasteiger partial charge in [0.15, 0.2) is 0 Å². The molecule has 172 valence electrons. The van der Waals surface area contributed by atoms with Crippen LogP contribution in [0.25, 0.3) is 22.2 Å². The number of likely N-dealkylation sites (tertiary alicyclic amines) is 1. The maximum Gasteiger partial charge on any atom is 0.148 e. The van der Waals surface area contributed by atoms with Gasteiger partial charge in [0.1, 0.15) is 11.6 Å². The average Bonchev–Trinajstić information content (AvgIpc) is 3.39. The second kappa shape index (κ2) is 8.93. The number of para-hydroxylation sites is 1. The molecule has 2 aromatic carbocycles. The van der Waals surface area contributed by atoms with Crippen molar-refractivity contribution in [1.82, 2.24) is 20.1 Å². The predicted molar refractivity (Wildman–Crippen MR) is 133 cm³/mol. The number of rotatable bonds is 5. The average molecular weight is 474 g/mol. The van der Waals surface area contributed by atoms with Gasteiger partial charge in [-0.05, 0) is 72.7 Å². The summed E-state index contributed by atoms with van der Waals surface area (Å²) in [6.07, 6.45) is 4.28. The SMILES string of the molecule is Fc1ccc(Cl)c(-c2ccc(NC3C[C@@H]4CN(Cc5cnc6ccccc6c5)C[C@@H]4C3)nn2)c1. The van der Waals surface area contributed by atoms with Crippen LogP contribution < -0.4 is 5.32 Å². The molecule has 1 aliphatic heterocycles. The van der Waals surface area contributed by atoms with Gasteiger partial charge in [-0.25, -0.2) is 4.39 Å². The molecule has 0 radical (unpaired) electrons. The maximum atomic E-state index is 13.6. The molecule has 6 rings (SSSR count). The number of nitrogens with one attached hydrogen (secondary N) is 1. The predicted octanol–water partition coefficient (Wildman–Crippen LogP) is 5.81. The Balaban J connectivity index is 1.05. The minimum absolute atomic E-state index is 0.341. The first-order chi connectivity index (χ1) is 16.6. The summed E-state index contributed by atoms with van der Waals surface area (Å²) in [5.41, 5.74) is 3.45. The van der Waals surface area contributed by atoms with Gasteiger partial charge >= 0.3 is 0 Å². The number of benzene rings is 2. The van der Waals surface area contributed by atoms with Crippen LogP contribution in [0.5, 0.6) is 0 Å². The molecule has 1 unspecified atom stereocenters. The highest BCUT2D eigenvalue weighted by molar-refractivity contribution is 6.33. The Labute approximate surface area is 203 Å².